The topological polar surface area (TPSA) is 75.4 Å². The molecule has 1 aliphatic rings. The number of sulfonamides is 1. The largest absolute Gasteiger partial charge is 0.320 e. The van der Waals surface area contributed by atoms with Crippen LogP contribution in [0.2, 0.25) is 0 Å². The third kappa shape index (κ3) is 4.55. The number of hydrogen-bond donors (Lipinski definition) is 2. The van der Waals surface area contributed by atoms with Crippen molar-refractivity contribution >= 4 is 10.0 Å². The van der Waals surface area contributed by atoms with Crippen molar-refractivity contribution < 1.29 is 8.42 Å². The van der Waals surface area contributed by atoms with Gasteiger partial charge in [0.15, 0.2) is 0 Å². The third-order valence-corrected chi connectivity index (χ3v) is 4.99. The van der Waals surface area contributed by atoms with Gasteiger partial charge in [-0.3, -0.25) is 0 Å². The highest BCUT2D eigenvalue weighted by Gasteiger charge is 2.22. The normalized spacial score (nSPS) is 19.2. The Labute approximate surface area is 126 Å². The SMILES string of the molecule is CN1CCC(CNS(=O)(=O)c2ccc(C#CCN)cc2)C1. The molecule has 2 rings (SSSR count). The fourth-order valence-electron chi connectivity index (χ4n) is 2.37. The van der Waals surface area contributed by atoms with Gasteiger partial charge in [0.1, 0.15) is 0 Å². The molecule has 1 fully saturated rings. The van der Waals surface area contributed by atoms with Crippen LogP contribution >= 0.6 is 0 Å². The molecule has 0 amide bonds. The van der Waals surface area contributed by atoms with E-state index in [-0.39, 0.29) is 11.4 Å². The summed E-state index contributed by atoms with van der Waals surface area (Å²) in [7, 11) is -1.39. The Hall–Kier alpha value is -1.39. The molecule has 1 atom stereocenters. The lowest BCUT2D eigenvalue weighted by Crippen LogP contribution is -2.30. The van der Waals surface area contributed by atoms with Gasteiger partial charge in [-0.15, -0.1) is 0 Å². The van der Waals surface area contributed by atoms with Crippen LogP contribution in [-0.4, -0.2) is 46.5 Å². The van der Waals surface area contributed by atoms with Crippen LogP contribution in [0.25, 0.3) is 0 Å². The highest BCUT2D eigenvalue weighted by molar-refractivity contribution is 7.89. The molecule has 1 saturated heterocycles. The summed E-state index contributed by atoms with van der Waals surface area (Å²) in [6.07, 6.45) is 1.03. The molecule has 114 valence electrons. The molecule has 0 radical (unpaired) electrons. The summed E-state index contributed by atoms with van der Waals surface area (Å²) in [5.74, 6) is 5.99. The van der Waals surface area contributed by atoms with E-state index < -0.39 is 10.0 Å². The van der Waals surface area contributed by atoms with Gasteiger partial charge in [-0.05, 0) is 50.2 Å². The second-order valence-electron chi connectivity index (χ2n) is 5.30. The highest BCUT2D eigenvalue weighted by Crippen LogP contribution is 2.15. The Bertz CT molecular complexity index is 629. The average molecular weight is 307 g/mol. The van der Waals surface area contributed by atoms with E-state index >= 15 is 0 Å². The number of nitrogens with one attached hydrogen (secondary N) is 1. The molecular weight excluding hydrogens is 286 g/mol. The smallest absolute Gasteiger partial charge is 0.240 e. The molecular formula is C15H21N3O2S. The zero-order valence-corrected chi connectivity index (χ0v) is 13.0. The summed E-state index contributed by atoms with van der Waals surface area (Å²) in [4.78, 5) is 2.48. The van der Waals surface area contributed by atoms with Crippen LogP contribution in [-0.2, 0) is 10.0 Å². The van der Waals surface area contributed by atoms with Gasteiger partial charge < -0.3 is 10.6 Å². The van der Waals surface area contributed by atoms with Gasteiger partial charge in [0.05, 0.1) is 11.4 Å². The van der Waals surface area contributed by atoms with Crippen molar-refractivity contribution in [2.24, 2.45) is 11.7 Å². The van der Waals surface area contributed by atoms with Crippen molar-refractivity contribution in [3.8, 4) is 11.8 Å². The van der Waals surface area contributed by atoms with Crippen molar-refractivity contribution in [2.45, 2.75) is 11.3 Å². The van der Waals surface area contributed by atoms with Crippen LogP contribution in [0, 0.1) is 17.8 Å². The van der Waals surface area contributed by atoms with Crippen molar-refractivity contribution in [3.05, 3.63) is 29.8 Å². The first kappa shape index (κ1) is 16.0. The third-order valence-electron chi connectivity index (χ3n) is 3.55. The van der Waals surface area contributed by atoms with Gasteiger partial charge in [-0.25, -0.2) is 13.1 Å². The Morgan fingerprint density at radius 3 is 2.67 bits per heavy atom. The second kappa shape index (κ2) is 7.05. The van der Waals surface area contributed by atoms with Crippen LogP contribution in [0.5, 0.6) is 0 Å². The van der Waals surface area contributed by atoms with Gasteiger partial charge in [-0.1, -0.05) is 11.8 Å². The molecule has 1 aromatic carbocycles. The van der Waals surface area contributed by atoms with Crippen LogP contribution in [0.3, 0.4) is 0 Å². The van der Waals surface area contributed by atoms with Crippen LogP contribution in [0.1, 0.15) is 12.0 Å². The number of nitrogens with two attached hydrogens (primary N) is 1. The zero-order valence-electron chi connectivity index (χ0n) is 12.2. The number of nitrogens with zero attached hydrogens (tertiary/aromatic N) is 1. The molecule has 0 bridgehead atoms. The maximum Gasteiger partial charge on any atom is 0.240 e. The number of benzene rings is 1. The lowest BCUT2D eigenvalue weighted by atomic mass is 10.1. The second-order valence-corrected chi connectivity index (χ2v) is 7.07. The molecule has 0 aromatic heterocycles. The quantitative estimate of drug-likeness (QED) is 0.781. The van der Waals surface area contributed by atoms with Crippen molar-refractivity contribution in [2.75, 3.05) is 33.2 Å². The van der Waals surface area contributed by atoms with Crippen LogP contribution in [0.4, 0.5) is 0 Å². The van der Waals surface area contributed by atoms with E-state index in [9.17, 15) is 8.42 Å². The molecule has 0 saturated carbocycles. The first-order valence-electron chi connectivity index (χ1n) is 6.98. The summed E-state index contributed by atoms with van der Waals surface area (Å²) in [5.41, 5.74) is 6.06. The summed E-state index contributed by atoms with van der Waals surface area (Å²) < 4.78 is 27.1. The van der Waals surface area contributed by atoms with Gasteiger partial charge >= 0.3 is 0 Å². The maximum absolute atomic E-state index is 12.2. The zero-order chi connectivity index (χ0) is 15.3. The molecule has 1 aromatic rings. The molecule has 1 aliphatic heterocycles. The van der Waals surface area contributed by atoms with Crippen molar-refractivity contribution in [3.63, 3.8) is 0 Å². The predicted octanol–water partition coefficient (Wildman–Crippen LogP) is 0.227. The van der Waals surface area contributed by atoms with E-state index in [2.05, 4.69) is 28.5 Å². The average Bonchev–Trinajstić information content (AvgIpc) is 2.89. The van der Waals surface area contributed by atoms with Gasteiger partial charge in [0.25, 0.3) is 0 Å². The Kier molecular flexibility index (Phi) is 5.37. The Morgan fingerprint density at radius 1 is 1.38 bits per heavy atom. The van der Waals surface area contributed by atoms with Crippen LogP contribution < -0.4 is 10.5 Å². The monoisotopic (exact) mass is 307 g/mol. The standard InChI is InChI=1S/C15H21N3O2S/c1-18-10-8-14(12-18)11-17-21(19,20)15-6-4-13(5-7-15)3-2-9-16/h4-7,14,17H,8-12,16H2,1H3. The summed E-state index contributed by atoms with van der Waals surface area (Å²) in [6.45, 7) is 2.75. The van der Waals surface area contributed by atoms with Gasteiger partial charge in [-0.2, -0.15) is 0 Å². The molecule has 6 heteroatoms. The minimum atomic E-state index is -3.44. The van der Waals surface area contributed by atoms with E-state index in [0.717, 1.165) is 25.1 Å². The predicted molar refractivity (Wildman–Crippen MR) is 83.2 cm³/mol. The maximum atomic E-state index is 12.2. The fraction of sp³-hybridized carbons (Fsp3) is 0.467. The Morgan fingerprint density at radius 2 is 2.10 bits per heavy atom. The summed E-state index contributed by atoms with van der Waals surface area (Å²) in [6, 6.07) is 6.54. The first-order chi connectivity index (χ1) is 10.0. The molecule has 5 nitrogen and oxygen atoms in total. The van der Waals surface area contributed by atoms with Crippen molar-refractivity contribution in [1.82, 2.24) is 9.62 Å². The highest BCUT2D eigenvalue weighted by atomic mass is 32.2. The molecule has 1 heterocycles. The van der Waals surface area contributed by atoms with E-state index in [1.165, 1.54) is 0 Å². The number of hydrogen-bond acceptors (Lipinski definition) is 4. The fourth-order valence-corrected chi connectivity index (χ4v) is 3.49. The lowest BCUT2D eigenvalue weighted by molar-refractivity contribution is 0.394. The minimum Gasteiger partial charge on any atom is -0.320 e. The van der Waals surface area contributed by atoms with Crippen molar-refractivity contribution in [1.29, 1.82) is 0 Å². The van der Waals surface area contributed by atoms with E-state index in [4.69, 9.17) is 5.73 Å². The van der Waals surface area contributed by atoms with Crippen LogP contribution in [0.15, 0.2) is 29.2 Å². The Balaban J connectivity index is 1.98. The lowest BCUT2D eigenvalue weighted by Gasteiger charge is -2.12. The minimum absolute atomic E-state index is 0.271. The molecule has 21 heavy (non-hydrogen) atoms. The molecule has 3 N–H and O–H groups in total. The number of rotatable bonds is 4. The number of likely N-dealkylation sites (tertiary alicyclic amines) is 1. The van der Waals surface area contributed by atoms with Gasteiger partial charge in [0.2, 0.25) is 10.0 Å². The first-order valence-corrected chi connectivity index (χ1v) is 8.47. The van der Waals surface area contributed by atoms with E-state index in [1.54, 1.807) is 24.3 Å². The molecule has 0 spiro atoms. The summed E-state index contributed by atoms with van der Waals surface area (Å²) >= 11 is 0. The van der Waals surface area contributed by atoms with Gasteiger partial charge in [0, 0.05) is 18.7 Å². The molecule has 1 unspecified atom stereocenters. The molecule has 0 aliphatic carbocycles. The summed E-state index contributed by atoms with van der Waals surface area (Å²) in [5, 5.41) is 0. The van der Waals surface area contributed by atoms with E-state index in [0.29, 0.717) is 12.5 Å². The van der Waals surface area contributed by atoms with E-state index in [1.807, 2.05) is 0 Å².